The number of ether oxygens (including phenoxy) is 1. The second-order valence-electron chi connectivity index (χ2n) is 2.79. The van der Waals surface area contributed by atoms with Crippen molar-refractivity contribution < 1.29 is 9.53 Å². The Morgan fingerprint density at radius 3 is 2.53 bits per heavy atom. The summed E-state index contributed by atoms with van der Waals surface area (Å²) in [6.07, 6.45) is 0.531. The van der Waals surface area contributed by atoms with Crippen molar-refractivity contribution in [3.63, 3.8) is 0 Å². The summed E-state index contributed by atoms with van der Waals surface area (Å²) in [7, 11) is 0. The van der Waals surface area contributed by atoms with E-state index in [2.05, 4.69) is 4.98 Å². The number of pyridine rings is 1. The minimum Gasteiger partial charge on any atom is -0.451 e. The Morgan fingerprint density at radius 1 is 1.47 bits per heavy atom. The van der Waals surface area contributed by atoms with Crippen molar-refractivity contribution in [3.8, 4) is 0 Å². The van der Waals surface area contributed by atoms with Crippen LogP contribution in [0, 0.1) is 0 Å². The first-order valence-electron chi connectivity index (χ1n) is 4.06. The van der Waals surface area contributed by atoms with E-state index in [4.69, 9.17) is 39.5 Å². The third-order valence-corrected chi connectivity index (χ3v) is 2.13. The Morgan fingerprint density at radius 2 is 2.13 bits per heavy atom. The van der Waals surface area contributed by atoms with E-state index in [9.17, 15) is 4.79 Å². The van der Waals surface area contributed by atoms with E-state index in [1.807, 2.05) is 0 Å². The molecule has 0 aliphatic rings. The average Bonchev–Trinajstić information content (AvgIpc) is 2.14. The summed E-state index contributed by atoms with van der Waals surface area (Å²) in [5.74, 6) is -0.531. The van der Waals surface area contributed by atoms with Crippen molar-refractivity contribution in [1.29, 1.82) is 0 Å². The van der Waals surface area contributed by atoms with Crippen LogP contribution in [-0.4, -0.2) is 14.7 Å². The standard InChI is InChI=1S/C9H8Cl3NO2/c1-6(14)15-8(9(10,11)12)7-4-2-3-5-13-7/h2-5,8H,1H3. The Bertz CT molecular complexity index is 337. The van der Waals surface area contributed by atoms with Gasteiger partial charge in [0.2, 0.25) is 3.79 Å². The van der Waals surface area contributed by atoms with Gasteiger partial charge in [0.05, 0.1) is 5.69 Å². The molecule has 3 nitrogen and oxygen atoms in total. The molecular formula is C9H8Cl3NO2. The van der Waals surface area contributed by atoms with Crippen LogP contribution in [0.15, 0.2) is 24.4 Å². The molecule has 0 fully saturated rings. The molecule has 0 aliphatic heterocycles. The summed E-state index contributed by atoms with van der Waals surface area (Å²) >= 11 is 17.1. The Hall–Kier alpha value is -0.510. The van der Waals surface area contributed by atoms with Crippen molar-refractivity contribution in [1.82, 2.24) is 4.98 Å². The molecule has 0 saturated heterocycles. The van der Waals surface area contributed by atoms with E-state index < -0.39 is 15.9 Å². The van der Waals surface area contributed by atoms with Crippen molar-refractivity contribution in [2.45, 2.75) is 16.8 Å². The summed E-state index contributed by atoms with van der Waals surface area (Å²) in [6, 6.07) is 5.05. The fourth-order valence-corrected chi connectivity index (χ4v) is 1.46. The molecule has 1 unspecified atom stereocenters. The Kier molecular flexibility index (Phi) is 4.20. The summed E-state index contributed by atoms with van der Waals surface area (Å²) in [5, 5.41) is 0. The Balaban J connectivity index is 2.97. The summed E-state index contributed by atoms with van der Waals surface area (Å²) < 4.78 is 3.17. The molecule has 0 aliphatic carbocycles. The highest BCUT2D eigenvalue weighted by atomic mass is 35.6. The zero-order valence-electron chi connectivity index (χ0n) is 7.78. The lowest BCUT2D eigenvalue weighted by molar-refractivity contribution is -0.146. The second-order valence-corrected chi connectivity index (χ2v) is 5.15. The zero-order chi connectivity index (χ0) is 11.5. The number of carbonyl (C=O) groups excluding carboxylic acids is 1. The van der Waals surface area contributed by atoms with Gasteiger partial charge in [0.1, 0.15) is 0 Å². The predicted molar refractivity (Wildman–Crippen MR) is 59.0 cm³/mol. The quantitative estimate of drug-likeness (QED) is 0.611. The number of rotatable bonds is 2. The summed E-state index contributed by atoms with van der Waals surface area (Å²) in [4.78, 5) is 14.8. The van der Waals surface area contributed by atoms with E-state index >= 15 is 0 Å². The molecule has 1 atom stereocenters. The van der Waals surface area contributed by atoms with Gasteiger partial charge in [0.25, 0.3) is 0 Å². The molecule has 6 heteroatoms. The van der Waals surface area contributed by atoms with E-state index in [1.165, 1.54) is 13.1 Å². The number of aromatic nitrogens is 1. The molecule has 15 heavy (non-hydrogen) atoms. The van der Waals surface area contributed by atoms with Gasteiger partial charge < -0.3 is 4.74 Å². The second kappa shape index (κ2) is 5.01. The minimum atomic E-state index is -1.74. The molecule has 0 aromatic carbocycles. The van der Waals surface area contributed by atoms with E-state index in [0.717, 1.165) is 0 Å². The highest BCUT2D eigenvalue weighted by Crippen LogP contribution is 2.41. The molecule has 0 bridgehead atoms. The van der Waals surface area contributed by atoms with Gasteiger partial charge in [-0.2, -0.15) is 0 Å². The van der Waals surface area contributed by atoms with Crippen LogP contribution in [0.1, 0.15) is 18.7 Å². The van der Waals surface area contributed by atoms with Crippen molar-refractivity contribution in [2.24, 2.45) is 0 Å². The maximum Gasteiger partial charge on any atom is 0.303 e. The summed E-state index contributed by atoms with van der Waals surface area (Å²) in [5.41, 5.74) is 0.396. The third kappa shape index (κ3) is 3.86. The van der Waals surface area contributed by atoms with Crippen LogP contribution in [0.4, 0.5) is 0 Å². The smallest absolute Gasteiger partial charge is 0.303 e. The van der Waals surface area contributed by atoms with Gasteiger partial charge >= 0.3 is 5.97 Å². The van der Waals surface area contributed by atoms with Gasteiger partial charge in [0, 0.05) is 13.1 Å². The number of halogens is 3. The molecule has 0 N–H and O–H groups in total. The first-order chi connectivity index (χ1) is 6.91. The molecule has 1 rings (SSSR count). The topological polar surface area (TPSA) is 39.2 Å². The SMILES string of the molecule is CC(=O)OC(c1ccccn1)C(Cl)(Cl)Cl. The lowest BCUT2D eigenvalue weighted by Crippen LogP contribution is -2.23. The molecule has 0 amide bonds. The maximum absolute atomic E-state index is 10.8. The molecule has 1 aromatic rings. The number of hydrogen-bond acceptors (Lipinski definition) is 3. The van der Waals surface area contributed by atoms with Gasteiger partial charge in [-0.3, -0.25) is 9.78 Å². The number of alkyl halides is 3. The van der Waals surface area contributed by atoms with Gasteiger partial charge in [-0.15, -0.1) is 0 Å². The number of esters is 1. The number of carbonyl (C=O) groups is 1. The van der Waals surface area contributed by atoms with Crippen LogP contribution in [0.3, 0.4) is 0 Å². The monoisotopic (exact) mass is 267 g/mol. The highest BCUT2D eigenvalue weighted by Gasteiger charge is 2.37. The number of nitrogens with zero attached hydrogens (tertiary/aromatic N) is 1. The molecular weight excluding hydrogens is 260 g/mol. The van der Waals surface area contributed by atoms with Crippen LogP contribution in [0.25, 0.3) is 0 Å². The lowest BCUT2D eigenvalue weighted by Gasteiger charge is -2.23. The highest BCUT2D eigenvalue weighted by molar-refractivity contribution is 6.68. The Labute approximate surface area is 102 Å². The van der Waals surface area contributed by atoms with Crippen LogP contribution >= 0.6 is 34.8 Å². The normalized spacial score (nSPS) is 13.3. The predicted octanol–water partition coefficient (Wildman–Crippen LogP) is 3.06. The van der Waals surface area contributed by atoms with Gasteiger partial charge in [-0.05, 0) is 12.1 Å². The molecule has 82 valence electrons. The van der Waals surface area contributed by atoms with E-state index in [0.29, 0.717) is 5.69 Å². The van der Waals surface area contributed by atoms with Crippen molar-refractivity contribution >= 4 is 40.8 Å². The average molecular weight is 269 g/mol. The largest absolute Gasteiger partial charge is 0.451 e. The first kappa shape index (κ1) is 12.6. The molecule has 0 spiro atoms. The van der Waals surface area contributed by atoms with Crippen LogP contribution in [0.5, 0.6) is 0 Å². The van der Waals surface area contributed by atoms with E-state index in [1.54, 1.807) is 18.2 Å². The van der Waals surface area contributed by atoms with Crippen LogP contribution in [0.2, 0.25) is 0 Å². The molecule has 1 aromatic heterocycles. The van der Waals surface area contributed by atoms with Crippen molar-refractivity contribution in [2.75, 3.05) is 0 Å². The van der Waals surface area contributed by atoms with Gasteiger partial charge in [0.15, 0.2) is 6.10 Å². The van der Waals surface area contributed by atoms with Crippen LogP contribution in [-0.2, 0) is 9.53 Å². The van der Waals surface area contributed by atoms with E-state index in [-0.39, 0.29) is 0 Å². The molecule has 0 saturated carbocycles. The third-order valence-electron chi connectivity index (χ3n) is 1.54. The minimum absolute atomic E-state index is 0.396. The zero-order valence-corrected chi connectivity index (χ0v) is 10.1. The fraction of sp³-hybridized carbons (Fsp3) is 0.333. The van der Waals surface area contributed by atoms with Crippen LogP contribution < -0.4 is 0 Å². The van der Waals surface area contributed by atoms with Gasteiger partial charge in [-0.1, -0.05) is 40.9 Å². The first-order valence-corrected chi connectivity index (χ1v) is 5.19. The fourth-order valence-electron chi connectivity index (χ4n) is 0.992. The molecule has 0 radical (unpaired) electrons. The van der Waals surface area contributed by atoms with Gasteiger partial charge in [-0.25, -0.2) is 0 Å². The maximum atomic E-state index is 10.8. The van der Waals surface area contributed by atoms with Crippen molar-refractivity contribution in [3.05, 3.63) is 30.1 Å². The molecule has 1 heterocycles. The number of hydrogen-bond donors (Lipinski definition) is 0. The lowest BCUT2D eigenvalue weighted by atomic mass is 10.2. The summed E-state index contributed by atoms with van der Waals surface area (Å²) in [6.45, 7) is 1.24.